The van der Waals surface area contributed by atoms with Crippen molar-refractivity contribution in [3.63, 3.8) is 0 Å². The SMILES string of the molecule is O=C(CCl)NCC(O)COS(=O)(=O)c1ccccc1. The van der Waals surface area contributed by atoms with Crippen LogP contribution in [0.2, 0.25) is 0 Å². The summed E-state index contributed by atoms with van der Waals surface area (Å²) in [6.45, 7) is -0.574. The molecule has 1 aromatic carbocycles. The lowest BCUT2D eigenvalue weighted by atomic mass is 10.4. The fourth-order valence-electron chi connectivity index (χ4n) is 1.16. The monoisotopic (exact) mass is 307 g/mol. The first kappa shape index (κ1) is 15.9. The summed E-state index contributed by atoms with van der Waals surface area (Å²) < 4.78 is 28.1. The molecule has 0 aromatic heterocycles. The number of carbonyl (C=O) groups excluding carboxylic acids is 1. The van der Waals surface area contributed by atoms with E-state index in [2.05, 4.69) is 9.50 Å². The first-order valence-corrected chi connectivity index (χ1v) is 7.35. The third kappa shape index (κ3) is 5.56. The van der Waals surface area contributed by atoms with Gasteiger partial charge in [-0.1, -0.05) is 18.2 Å². The molecule has 1 amide bonds. The third-order valence-electron chi connectivity index (χ3n) is 2.10. The van der Waals surface area contributed by atoms with Gasteiger partial charge >= 0.3 is 0 Å². The first-order chi connectivity index (χ1) is 8.95. The van der Waals surface area contributed by atoms with E-state index in [4.69, 9.17) is 11.6 Å². The smallest absolute Gasteiger partial charge is 0.297 e. The third-order valence-corrected chi connectivity index (χ3v) is 3.64. The molecule has 0 spiro atoms. The Kier molecular flexibility index (Phi) is 6.23. The van der Waals surface area contributed by atoms with Crippen LogP contribution in [0.25, 0.3) is 0 Å². The van der Waals surface area contributed by atoms with E-state index in [1.54, 1.807) is 18.2 Å². The number of alkyl halides is 1. The zero-order chi connectivity index (χ0) is 14.3. The molecule has 0 fully saturated rings. The van der Waals surface area contributed by atoms with Crippen molar-refractivity contribution >= 4 is 27.6 Å². The van der Waals surface area contributed by atoms with Gasteiger partial charge in [-0.2, -0.15) is 8.42 Å². The molecule has 0 saturated heterocycles. The van der Waals surface area contributed by atoms with Crippen molar-refractivity contribution in [3.05, 3.63) is 30.3 Å². The predicted molar refractivity (Wildman–Crippen MR) is 69.3 cm³/mol. The molecule has 19 heavy (non-hydrogen) atoms. The average Bonchev–Trinajstić information content (AvgIpc) is 2.43. The van der Waals surface area contributed by atoms with Crippen molar-refractivity contribution in [1.29, 1.82) is 0 Å². The number of nitrogens with one attached hydrogen (secondary N) is 1. The minimum absolute atomic E-state index is 0.00648. The Labute approximate surface area is 116 Å². The molecule has 0 aliphatic heterocycles. The molecular formula is C11H14ClNO5S. The number of aliphatic hydroxyl groups is 1. The minimum atomic E-state index is -3.90. The molecule has 0 radical (unpaired) electrons. The summed E-state index contributed by atoms with van der Waals surface area (Å²) in [4.78, 5) is 10.8. The van der Waals surface area contributed by atoms with Gasteiger partial charge in [0.1, 0.15) is 5.88 Å². The zero-order valence-corrected chi connectivity index (χ0v) is 11.5. The van der Waals surface area contributed by atoms with E-state index in [0.717, 1.165) is 0 Å². The summed E-state index contributed by atoms with van der Waals surface area (Å²) in [5.74, 6) is -0.678. The maximum Gasteiger partial charge on any atom is 0.297 e. The highest BCUT2D eigenvalue weighted by atomic mass is 35.5. The zero-order valence-electron chi connectivity index (χ0n) is 9.95. The largest absolute Gasteiger partial charge is 0.389 e. The van der Waals surface area contributed by atoms with E-state index < -0.39 is 28.7 Å². The maximum absolute atomic E-state index is 11.7. The van der Waals surface area contributed by atoms with Crippen LogP contribution in [-0.2, 0) is 19.1 Å². The molecule has 0 bridgehead atoms. The van der Waals surface area contributed by atoms with Gasteiger partial charge in [0.05, 0.1) is 17.6 Å². The van der Waals surface area contributed by atoms with Crippen LogP contribution in [0.4, 0.5) is 0 Å². The minimum Gasteiger partial charge on any atom is -0.389 e. The fraction of sp³-hybridized carbons (Fsp3) is 0.364. The van der Waals surface area contributed by atoms with Crippen molar-refractivity contribution < 1.29 is 22.5 Å². The number of carbonyl (C=O) groups is 1. The van der Waals surface area contributed by atoms with E-state index in [0.29, 0.717) is 0 Å². The van der Waals surface area contributed by atoms with Crippen LogP contribution in [0.5, 0.6) is 0 Å². The molecule has 1 unspecified atom stereocenters. The molecule has 0 heterocycles. The van der Waals surface area contributed by atoms with Gasteiger partial charge in [-0.25, -0.2) is 0 Å². The number of amides is 1. The van der Waals surface area contributed by atoms with Crippen molar-refractivity contribution in [1.82, 2.24) is 5.32 Å². The fourth-order valence-corrected chi connectivity index (χ4v) is 2.22. The Morgan fingerprint density at radius 1 is 1.37 bits per heavy atom. The Hall–Kier alpha value is -1.15. The molecule has 0 saturated carbocycles. The van der Waals surface area contributed by atoms with Crippen molar-refractivity contribution in [2.45, 2.75) is 11.0 Å². The van der Waals surface area contributed by atoms with Gasteiger partial charge in [0.25, 0.3) is 10.1 Å². The van der Waals surface area contributed by atoms with Gasteiger partial charge in [0.15, 0.2) is 0 Å². The van der Waals surface area contributed by atoms with Crippen LogP contribution in [0.1, 0.15) is 0 Å². The molecular weight excluding hydrogens is 294 g/mol. The first-order valence-electron chi connectivity index (χ1n) is 5.41. The highest BCUT2D eigenvalue weighted by molar-refractivity contribution is 7.86. The summed E-state index contributed by atoms with van der Waals surface area (Å²) in [5.41, 5.74) is 0. The summed E-state index contributed by atoms with van der Waals surface area (Å²) in [6, 6.07) is 7.57. The van der Waals surface area contributed by atoms with Crippen molar-refractivity contribution in [3.8, 4) is 0 Å². The van der Waals surface area contributed by atoms with E-state index >= 15 is 0 Å². The highest BCUT2D eigenvalue weighted by Crippen LogP contribution is 2.11. The average molecular weight is 308 g/mol. The Morgan fingerprint density at radius 3 is 2.58 bits per heavy atom. The van der Waals surface area contributed by atoms with Gasteiger partial charge < -0.3 is 10.4 Å². The molecule has 106 valence electrons. The quantitative estimate of drug-likeness (QED) is 0.551. The number of hydrogen-bond acceptors (Lipinski definition) is 5. The maximum atomic E-state index is 11.7. The number of benzene rings is 1. The second kappa shape index (κ2) is 7.44. The van der Waals surface area contributed by atoms with Gasteiger partial charge in [-0.15, -0.1) is 11.6 Å². The Balaban J connectivity index is 2.46. The number of halogens is 1. The molecule has 8 heteroatoms. The molecule has 0 aliphatic rings. The lowest BCUT2D eigenvalue weighted by molar-refractivity contribution is -0.119. The number of aliphatic hydroxyl groups excluding tert-OH is 1. The summed E-state index contributed by atoms with van der Waals surface area (Å²) in [7, 11) is -3.90. The van der Waals surface area contributed by atoms with Crippen LogP contribution in [0, 0.1) is 0 Å². The predicted octanol–water partition coefficient (Wildman–Crippen LogP) is 0.108. The summed E-state index contributed by atoms with van der Waals surface area (Å²) in [5, 5.41) is 11.8. The van der Waals surface area contributed by atoms with E-state index in [1.165, 1.54) is 12.1 Å². The molecule has 1 rings (SSSR count). The number of hydrogen-bond donors (Lipinski definition) is 2. The second-order valence-corrected chi connectivity index (χ2v) is 5.53. The van der Waals surface area contributed by atoms with Crippen LogP contribution >= 0.6 is 11.6 Å². The van der Waals surface area contributed by atoms with Crippen LogP contribution in [0.15, 0.2) is 35.2 Å². The van der Waals surface area contributed by atoms with Crippen LogP contribution < -0.4 is 5.32 Å². The molecule has 1 atom stereocenters. The van der Waals surface area contributed by atoms with E-state index in [9.17, 15) is 18.3 Å². The summed E-state index contributed by atoms with van der Waals surface area (Å²) in [6.07, 6.45) is -1.13. The van der Waals surface area contributed by atoms with E-state index in [1.807, 2.05) is 0 Å². The molecule has 1 aromatic rings. The lowest BCUT2D eigenvalue weighted by Crippen LogP contribution is -2.35. The normalized spacial score (nSPS) is 12.9. The van der Waals surface area contributed by atoms with Gasteiger partial charge in [0, 0.05) is 6.54 Å². The highest BCUT2D eigenvalue weighted by Gasteiger charge is 2.17. The number of rotatable bonds is 7. The van der Waals surface area contributed by atoms with Crippen molar-refractivity contribution in [2.24, 2.45) is 0 Å². The Morgan fingerprint density at radius 2 is 2.00 bits per heavy atom. The molecule has 0 aliphatic carbocycles. The van der Waals surface area contributed by atoms with Crippen LogP contribution in [-0.4, -0.2) is 44.6 Å². The van der Waals surface area contributed by atoms with Crippen LogP contribution in [0.3, 0.4) is 0 Å². The second-order valence-electron chi connectivity index (χ2n) is 3.64. The summed E-state index contributed by atoms with van der Waals surface area (Å²) >= 11 is 5.24. The van der Waals surface area contributed by atoms with Crippen molar-refractivity contribution in [2.75, 3.05) is 19.0 Å². The Bertz CT molecular complexity index is 505. The standard InChI is InChI=1S/C11H14ClNO5S/c12-6-11(15)13-7-9(14)8-18-19(16,17)10-4-2-1-3-5-10/h1-5,9,14H,6-8H2,(H,13,15). The molecule has 2 N–H and O–H groups in total. The van der Waals surface area contributed by atoms with Gasteiger partial charge in [-0.3, -0.25) is 8.98 Å². The van der Waals surface area contributed by atoms with Gasteiger partial charge in [-0.05, 0) is 12.1 Å². The lowest BCUT2D eigenvalue weighted by Gasteiger charge is -2.11. The molecule has 6 nitrogen and oxygen atoms in total. The van der Waals surface area contributed by atoms with E-state index in [-0.39, 0.29) is 17.3 Å². The topological polar surface area (TPSA) is 92.7 Å². The van der Waals surface area contributed by atoms with Gasteiger partial charge in [0.2, 0.25) is 5.91 Å².